The fraction of sp³-hybridized carbons (Fsp3) is 0.273. The summed E-state index contributed by atoms with van der Waals surface area (Å²) in [5.74, 6) is 0.806. The third-order valence-corrected chi connectivity index (χ3v) is 2.46. The van der Waals surface area contributed by atoms with E-state index < -0.39 is 0 Å². The molecule has 0 unspecified atom stereocenters. The van der Waals surface area contributed by atoms with Crippen LogP contribution in [0.25, 0.3) is 0 Å². The summed E-state index contributed by atoms with van der Waals surface area (Å²) >= 11 is 4.94. The van der Waals surface area contributed by atoms with Gasteiger partial charge < -0.3 is 4.74 Å². The number of nitrogens with zero attached hydrogens (tertiary/aromatic N) is 1. The van der Waals surface area contributed by atoms with Crippen LogP contribution in [0.5, 0.6) is 5.75 Å². The van der Waals surface area contributed by atoms with Gasteiger partial charge in [-0.25, -0.2) is 0 Å². The van der Waals surface area contributed by atoms with Crippen LogP contribution >= 0.6 is 12.2 Å². The average molecular weight is 205 g/mol. The molecule has 0 spiro atoms. The number of rotatable bonds is 2. The van der Waals surface area contributed by atoms with Crippen molar-refractivity contribution >= 4 is 17.1 Å². The molecule has 0 N–H and O–H groups in total. The molecular formula is C11H11NOS. The van der Waals surface area contributed by atoms with Gasteiger partial charge in [0.15, 0.2) is 0 Å². The lowest BCUT2D eigenvalue weighted by Gasteiger charge is -2.11. The van der Waals surface area contributed by atoms with Crippen molar-refractivity contribution in [1.82, 2.24) is 0 Å². The number of benzene rings is 1. The van der Waals surface area contributed by atoms with E-state index in [1.807, 2.05) is 32.0 Å². The minimum absolute atomic E-state index is 0.306. The summed E-state index contributed by atoms with van der Waals surface area (Å²) in [4.78, 5) is 0.306. The van der Waals surface area contributed by atoms with Crippen molar-refractivity contribution in [3.8, 4) is 11.8 Å². The molecule has 0 fully saturated rings. The van der Waals surface area contributed by atoms with E-state index in [0.717, 1.165) is 22.4 Å². The predicted octanol–water partition coefficient (Wildman–Crippen LogP) is 2.55. The Hall–Kier alpha value is -1.40. The van der Waals surface area contributed by atoms with Gasteiger partial charge >= 0.3 is 0 Å². The van der Waals surface area contributed by atoms with Crippen LogP contribution in [0.15, 0.2) is 12.1 Å². The van der Waals surface area contributed by atoms with Gasteiger partial charge in [0.2, 0.25) is 0 Å². The molecule has 0 aliphatic carbocycles. The molecule has 0 radical (unpaired) electrons. The minimum atomic E-state index is 0.306. The fourth-order valence-corrected chi connectivity index (χ4v) is 1.67. The smallest absolute Gasteiger partial charge is 0.125 e. The van der Waals surface area contributed by atoms with Crippen molar-refractivity contribution in [2.75, 3.05) is 7.11 Å². The van der Waals surface area contributed by atoms with Crippen LogP contribution in [0.1, 0.15) is 16.7 Å². The molecule has 1 aromatic rings. The van der Waals surface area contributed by atoms with Gasteiger partial charge in [0, 0.05) is 11.1 Å². The van der Waals surface area contributed by atoms with Gasteiger partial charge in [0.25, 0.3) is 0 Å². The van der Waals surface area contributed by atoms with Gasteiger partial charge in [-0.15, -0.1) is 0 Å². The van der Waals surface area contributed by atoms with Crippen molar-refractivity contribution in [3.05, 3.63) is 28.8 Å². The van der Waals surface area contributed by atoms with Gasteiger partial charge in [-0.05, 0) is 19.4 Å². The summed E-state index contributed by atoms with van der Waals surface area (Å²) in [5.41, 5.74) is 2.76. The number of nitriles is 1. The second kappa shape index (κ2) is 4.21. The number of thiocarbonyl (C=S) groups is 1. The second-order valence-corrected chi connectivity index (χ2v) is 3.44. The molecule has 0 saturated heterocycles. The third-order valence-electron chi connectivity index (χ3n) is 2.15. The summed E-state index contributed by atoms with van der Waals surface area (Å²) in [5, 5.41) is 8.71. The molecule has 2 nitrogen and oxygen atoms in total. The molecule has 3 heteroatoms. The first-order chi connectivity index (χ1) is 6.61. The zero-order valence-electron chi connectivity index (χ0n) is 8.42. The predicted molar refractivity (Wildman–Crippen MR) is 59.8 cm³/mol. The van der Waals surface area contributed by atoms with Crippen molar-refractivity contribution < 1.29 is 4.74 Å². The van der Waals surface area contributed by atoms with Crippen molar-refractivity contribution in [2.45, 2.75) is 13.8 Å². The van der Waals surface area contributed by atoms with E-state index in [2.05, 4.69) is 0 Å². The fourth-order valence-electron chi connectivity index (χ4n) is 1.45. The lowest BCUT2D eigenvalue weighted by Crippen LogP contribution is -2.00. The molecule has 0 amide bonds. The SMILES string of the molecule is COc1c(C)ccc(C(=S)C#N)c1C. The van der Waals surface area contributed by atoms with Gasteiger partial charge in [-0.2, -0.15) is 5.26 Å². The highest BCUT2D eigenvalue weighted by Gasteiger charge is 2.10. The maximum atomic E-state index is 8.71. The first-order valence-electron chi connectivity index (χ1n) is 4.20. The van der Waals surface area contributed by atoms with Gasteiger partial charge in [-0.3, -0.25) is 0 Å². The molecule has 0 bridgehead atoms. The number of aryl methyl sites for hydroxylation is 1. The Labute approximate surface area is 89.1 Å². The van der Waals surface area contributed by atoms with Crippen LogP contribution < -0.4 is 4.74 Å². The Morgan fingerprint density at radius 1 is 1.43 bits per heavy atom. The zero-order valence-corrected chi connectivity index (χ0v) is 9.23. The quantitative estimate of drug-likeness (QED) is 0.549. The molecule has 0 atom stereocenters. The lowest BCUT2D eigenvalue weighted by molar-refractivity contribution is 0.408. The van der Waals surface area contributed by atoms with Crippen LogP contribution in [-0.4, -0.2) is 12.0 Å². The van der Waals surface area contributed by atoms with Gasteiger partial charge in [-0.1, -0.05) is 24.4 Å². The Balaban J connectivity index is 3.37. The molecule has 0 aromatic heterocycles. The Morgan fingerprint density at radius 3 is 2.57 bits per heavy atom. The highest BCUT2D eigenvalue weighted by Crippen LogP contribution is 2.26. The molecule has 1 rings (SSSR count). The van der Waals surface area contributed by atoms with Crippen molar-refractivity contribution in [1.29, 1.82) is 5.26 Å². The first-order valence-corrected chi connectivity index (χ1v) is 4.61. The van der Waals surface area contributed by atoms with Crippen LogP contribution in [0.4, 0.5) is 0 Å². The molecule has 0 aliphatic heterocycles. The van der Waals surface area contributed by atoms with Crippen LogP contribution in [-0.2, 0) is 0 Å². The minimum Gasteiger partial charge on any atom is -0.496 e. The Bertz CT molecular complexity index is 418. The van der Waals surface area contributed by atoms with Gasteiger partial charge in [0.1, 0.15) is 16.7 Å². The van der Waals surface area contributed by atoms with Crippen molar-refractivity contribution in [3.63, 3.8) is 0 Å². The Kier molecular flexibility index (Phi) is 3.21. The van der Waals surface area contributed by atoms with E-state index >= 15 is 0 Å². The standard InChI is InChI=1S/C11H11NOS/c1-7-4-5-9(10(14)6-12)8(2)11(7)13-3/h4-5H,1-3H3. The van der Waals surface area contributed by atoms with E-state index in [9.17, 15) is 0 Å². The van der Waals surface area contributed by atoms with E-state index in [4.69, 9.17) is 22.2 Å². The van der Waals surface area contributed by atoms with E-state index in [1.165, 1.54) is 0 Å². The first kappa shape index (κ1) is 10.7. The van der Waals surface area contributed by atoms with Crippen molar-refractivity contribution in [2.24, 2.45) is 0 Å². The van der Waals surface area contributed by atoms with Crippen LogP contribution in [0.2, 0.25) is 0 Å². The summed E-state index contributed by atoms with van der Waals surface area (Å²) in [7, 11) is 1.62. The normalized spacial score (nSPS) is 9.29. The third kappa shape index (κ3) is 1.75. The second-order valence-electron chi connectivity index (χ2n) is 3.03. The molecular weight excluding hydrogens is 194 g/mol. The molecule has 1 aromatic carbocycles. The van der Waals surface area contributed by atoms with Crippen LogP contribution in [0, 0.1) is 25.2 Å². The number of methoxy groups -OCH3 is 1. The monoisotopic (exact) mass is 205 g/mol. The molecule has 0 heterocycles. The summed E-state index contributed by atoms with van der Waals surface area (Å²) < 4.78 is 5.24. The topological polar surface area (TPSA) is 33.0 Å². The number of ether oxygens (including phenoxy) is 1. The summed E-state index contributed by atoms with van der Waals surface area (Å²) in [6, 6.07) is 5.74. The maximum absolute atomic E-state index is 8.71. The Morgan fingerprint density at radius 2 is 2.07 bits per heavy atom. The van der Waals surface area contributed by atoms with E-state index in [0.29, 0.717) is 4.86 Å². The molecule has 0 aliphatic rings. The number of hydrogen-bond donors (Lipinski definition) is 0. The lowest BCUT2D eigenvalue weighted by atomic mass is 10.0. The molecule has 14 heavy (non-hydrogen) atoms. The maximum Gasteiger partial charge on any atom is 0.125 e. The number of hydrogen-bond acceptors (Lipinski definition) is 3. The largest absolute Gasteiger partial charge is 0.496 e. The van der Waals surface area contributed by atoms with E-state index in [-0.39, 0.29) is 0 Å². The average Bonchev–Trinajstić information content (AvgIpc) is 2.18. The highest BCUT2D eigenvalue weighted by atomic mass is 32.1. The van der Waals surface area contributed by atoms with Gasteiger partial charge in [0.05, 0.1) is 7.11 Å². The zero-order chi connectivity index (χ0) is 10.7. The summed E-state index contributed by atoms with van der Waals surface area (Å²) in [6.07, 6.45) is 0. The van der Waals surface area contributed by atoms with Crippen LogP contribution in [0.3, 0.4) is 0 Å². The van der Waals surface area contributed by atoms with E-state index in [1.54, 1.807) is 7.11 Å². The molecule has 72 valence electrons. The molecule has 0 saturated carbocycles. The summed E-state index contributed by atoms with van der Waals surface area (Å²) in [6.45, 7) is 3.87. The highest BCUT2D eigenvalue weighted by molar-refractivity contribution is 7.81.